The summed E-state index contributed by atoms with van der Waals surface area (Å²) >= 11 is 0. The van der Waals surface area contributed by atoms with Gasteiger partial charge in [-0.2, -0.15) is 0 Å². The van der Waals surface area contributed by atoms with Gasteiger partial charge in [0, 0.05) is 11.6 Å². The van der Waals surface area contributed by atoms with Crippen molar-refractivity contribution >= 4 is 6.29 Å². The van der Waals surface area contributed by atoms with Crippen molar-refractivity contribution in [2.24, 2.45) is 5.41 Å². The van der Waals surface area contributed by atoms with E-state index in [1.807, 2.05) is 0 Å². The molecule has 0 saturated heterocycles. The van der Waals surface area contributed by atoms with Crippen molar-refractivity contribution in [2.75, 3.05) is 6.61 Å². The first-order valence-electron chi connectivity index (χ1n) is 5.29. The van der Waals surface area contributed by atoms with E-state index in [4.69, 9.17) is 4.74 Å². The van der Waals surface area contributed by atoms with Crippen LogP contribution in [-0.4, -0.2) is 12.9 Å². The van der Waals surface area contributed by atoms with Crippen LogP contribution in [-0.2, 0) is 0 Å². The van der Waals surface area contributed by atoms with E-state index in [2.05, 4.69) is 20.8 Å². The minimum Gasteiger partial charge on any atom is -0.493 e. The second kappa shape index (κ2) is 5.10. The van der Waals surface area contributed by atoms with E-state index >= 15 is 0 Å². The van der Waals surface area contributed by atoms with Gasteiger partial charge in [0.1, 0.15) is 17.9 Å². The SMILES string of the molecule is CC(C)(C)CCOc1cc(F)cc(C=O)c1. The summed E-state index contributed by atoms with van der Waals surface area (Å²) in [6, 6.07) is 4.01. The number of carbonyl (C=O) groups excluding carboxylic acids is 1. The third kappa shape index (κ3) is 4.43. The standard InChI is InChI=1S/C13H17FO2/c1-13(2,3)4-5-16-12-7-10(9-15)6-11(14)8-12/h6-9H,4-5H2,1-3H3. The summed E-state index contributed by atoms with van der Waals surface area (Å²) < 4.78 is 18.4. The predicted molar refractivity (Wildman–Crippen MR) is 61.4 cm³/mol. The Morgan fingerprint density at radius 3 is 2.56 bits per heavy atom. The average Bonchev–Trinajstić information content (AvgIpc) is 2.14. The van der Waals surface area contributed by atoms with Gasteiger partial charge >= 0.3 is 0 Å². The molecule has 1 aromatic carbocycles. The molecular weight excluding hydrogens is 207 g/mol. The summed E-state index contributed by atoms with van der Waals surface area (Å²) in [7, 11) is 0. The minimum absolute atomic E-state index is 0.181. The Morgan fingerprint density at radius 2 is 2.00 bits per heavy atom. The van der Waals surface area contributed by atoms with Crippen LogP contribution in [0.1, 0.15) is 37.6 Å². The van der Waals surface area contributed by atoms with Gasteiger partial charge in [0.05, 0.1) is 6.61 Å². The van der Waals surface area contributed by atoms with E-state index in [9.17, 15) is 9.18 Å². The van der Waals surface area contributed by atoms with E-state index in [1.165, 1.54) is 12.1 Å². The van der Waals surface area contributed by atoms with Crippen molar-refractivity contribution in [3.8, 4) is 5.75 Å². The van der Waals surface area contributed by atoms with Crippen LogP contribution in [0.5, 0.6) is 5.75 Å². The van der Waals surface area contributed by atoms with Gasteiger partial charge in [0.25, 0.3) is 0 Å². The van der Waals surface area contributed by atoms with Gasteiger partial charge in [0.15, 0.2) is 0 Å². The lowest BCUT2D eigenvalue weighted by Gasteiger charge is -2.18. The Kier molecular flexibility index (Phi) is 4.05. The predicted octanol–water partition coefficient (Wildman–Crippen LogP) is 3.45. The Balaban J connectivity index is 2.60. The molecule has 0 radical (unpaired) electrons. The molecule has 2 nitrogen and oxygen atoms in total. The fourth-order valence-corrected chi connectivity index (χ4v) is 1.21. The zero-order chi connectivity index (χ0) is 12.2. The van der Waals surface area contributed by atoms with Crippen molar-refractivity contribution in [1.82, 2.24) is 0 Å². The van der Waals surface area contributed by atoms with Gasteiger partial charge in [-0.15, -0.1) is 0 Å². The molecule has 0 aliphatic heterocycles. The first-order valence-corrected chi connectivity index (χ1v) is 5.29. The first kappa shape index (κ1) is 12.7. The fourth-order valence-electron chi connectivity index (χ4n) is 1.21. The lowest BCUT2D eigenvalue weighted by molar-refractivity contribution is 0.112. The molecule has 1 rings (SSSR count). The number of benzene rings is 1. The van der Waals surface area contributed by atoms with Gasteiger partial charge in [0.2, 0.25) is 0 Å². The van der Waals surface area contributed by atoms with E-state index < -0.39 is 5.82 Å². The number of hydrogen-bond donors (Lipinski definition) is 0. The molecule has 0 bridgehead atoms. The molecule has 88 valence electrons. The van der Waals surface area contributed by atoms with Crippen molar-refractivity contribution < 1.29 is 13.9 Å². The lowest BCUT2D eigenvalue weighted by Crippen LogP contribution is -2.11. The summed E-state index contributed by atoms with van der Waals surface area (Å²) in [5.41, 5.74) is 0.478. The van der Waals surface area contributed by atoms with Gasteiger partial charge in [-0.25, -0.2) is 4.39 Å². The largest absolute Gasteiger partial charge is 0.493 e. The third-order valence-corrected chi connectivity index (χ3v) is 2.15. The molecular formula is C13H17FO2. The average molecular weight is 224 g/mol. The molecule has 0 spiro atoms. The van der Waals surface area contributed by atoms with E-state index in [1.54, 1.807) is 6.07 Å². The normalized spacial score (nSPS) is 11.2. The summed E-state index contributed by atoms with van der Waals surface area (Å²) in [6.45, 7) is 6.85. The molecule has 3 heteroatoms. The number of rotatable bonds is 4. The maximum absolute atomic E-state index is 13.0. The monoisotopic (exact) mass is 224 g/mol. The summed E-state index contributed by atoms with van der Waals surface area (Å²) in [6.07, 6.45) is 1.49. The molecule has 0 unspecified atom stereocenters. The maximum Gasteiger partial charge on any atom is 0.150 e. The molecule has 0 amide bonds. The molecule has 0 aliphatic carbocycles. The summed E-state index contributed by atoms with van der Waals surface area (Å²) in [5.74, 6) is -0.0401. The Hall–Kier alpha value is -1.38. The van der Waals surface area contributed by atoms with E-state index in [-0.39, 0.29) is 5.41 Å². The second-order valence-electron chi connectivity index (χ2n) is 5.00. The molecule has 0 aliphatic rings. The number of aldehydes is 1. The zero-order valence-electron chi connectivity index (χ0n) is 9.92. The third-order valence-electron chi connectivity index (χ3n) is 2.15. The molecule has 16 heavy (non-hydrogen) atoms. The molecule has 0 fully saturated rings. The Bertz CT molecular complexity index is 367. The summed E-state index contributed by atoms with van der Waals surface area (Å²) in [4.78, 5) is 10.5. The molecule has 0 heterocycles. The lowest BCUT2D eigenvalue weighted by atomic mass is 9.93. The Morgan fingerprint density at radius 1 is 1.31 bits per heavy atom. The van der Waals surface area contributed by atoms with Crippen LogP contribution in [0, 0.1) is 11.2 Å². The highest BCUT2D eigenvalue weighted by molar-refractivity contribution is 5.75. The van der Waals surface area contributed by atoms with Gasteiger partial charge in [-0.3, -0.25) is 4.79 Å². The van der Waals surface area contributed by atoms with Crippen LogP contribution in [0.4, 0.5) is 4.39 Å². The molecule has 1 aromatic rings. The zero-order valence-corrected chi connectivity index (χ0v) is 9.92. The van der Waals surface area contributed by atoms with Crippen LogP contribution in [0.15, 0.2) is 18.2 Å². The number of hydrogen-bond acceptors (Lipinski definition) is 2. The van der Waals surface area contributed by atoms with Crippen molar-refractivity contribution in [1.29, 1.82) is 0 Å². The highest BCUT2D eigenvalue weighted by Gasteiger charge is 2.10. The number of carbonyl (C=O) groups is 1. The quantitative estimate of drug-likeness (QED) is 0.732. The van der Waals surface area contributed by atoms with Gasteiger partial charge in [-0.05, 0) is 24.0 Å². The number of halogens is 1. The van der Waals surface area contributed by atoms with Crippen molar-refractivity contribution in [2.45, 2.75) is 27.2 Å². The highest BCUT2D eigenvalue weighted by atomic mass is 19.1. The van der Waals surface area contributed by atoms with Gasteiger partial charge in [-0.1, -0.05) is 20.8 Å². The highest BCUT2D eigenvalue weighted by Crippen LogP contribution is 2.20. The molecule has 0 atom stereocenters. The summed E-state index contributed by atoms with van der Waals surface area (Å²) in [5, 5.41) is 0. The van der Waals surface area contributed by atoms with Crippen molar-refractivity contribution in [3.05, 3.63) is 29.6 Å². The van der Waals surface area contributed by atoms with Crippen LogP contribution >= 0.6 is 0 Å². The number of ether oxygens (including phenoxy) is 1. The Labute approximate surface area is 95.4 Å². The smallest absolute Gasteiger partial charge is 0.150 e. The molecule has 0 N–H and O–H groups in total. The van der Waals surface area contributed by atoms with Crippen LogP contribution in [0.3, 0.4) is 0 Å². The maximum atomic E-state index is 13.0. The first-order chi connectivity index (χ1) is 7.40. The van der Waals surface area contributed by atoms with Gasteiger partial charge < -0.3 is 4.74 Å². The second-order valence-corrected chi connectivity index (χ2v) is 5.00. The minimum atomic E-state index is -0.449. The van der Waals surface area contributed by atoms with Crippen LogP contribution < -0.4 is 4.74 Å². The molecule has 0 saturated carbocycles. The van der Waals surface area contributed by atoms with Crippen molar-refractivity contribution in [3.63, 3.8) is 0 Å². The van der Waals surface area contributed by atoms with Crippen LogP contribution in [0.25, 0.3) is 0 Å². The topological polar surface area (TPSA) is 26.3 Å². The van der Waals surface area contributed by atoms with E-state index in [0.29, 0.717) is 24.2 Å². The molecule has 0 aromatic heterocycles. The van der Waals surface area contributed by atoms with E-state index in [0.717, 1.165) is 6.42 Å². The fraction of sp³-hybridized carbons (Fsp3) is 0.462. The van der Waals surface area contributed by atoms with Crippen LogP contribution in [0.2, 0.25) is 0 Å².